The first-order valence-corrected chi connectivity index (χ1v) is 7.39. The molecular formula is C16H17N5O4. The minimum atomic E-state index is -0.452. The Bertz CT molecular complexity index is 915. The molecule has 9 heteroatoms. The average molecular weight is 343 g/mol. The van der Waals surface area contributed by atoms with Gasteiger partial charge >= 0.3 is 6.01 Å². The van der Waals surface area contributed by atoms with E-state index >= 15 is 0 Å². The minimum absolute atomic E-state index is 0.0243. The van der Waals surface area contributed by atoms with E-state index < -0.39 is 5.91 Å². The number of aryl methyl sites for hydroxylation is 2. The van der Waals surface area contributed by atoms with E-state index in [9.17, 15) is 4.79 Å². The van der Waals surface area contributed by atoms with Gasteiger partial charge in [0.05, 0.1) is 25.5 Å². The summed E-state index contributed by atoms with van der Waals surface area (Å²) in [6.45, 7) is 1.86. The number of nitrogens with zero attached hydrogens (tertiary/aromatic N) is 4. The smallest absolute Gasteiger partial charge is 0.322 e. The zero-order chi connectivity index (χ0) is 18.0. The Labute approximate surface area is 143 Å². The molecule has 0 unspecified atom stereocenters. The number of carbonyl (C=O) groups excluding carboxylic acids is 1. The van der Waals surface area contributed by atoms with Crippen molar-refractivity contribution in [3.8, 4) is 23.1 Å². The van der Waals surface area contributed by atoms with E-state index in [0.29, 0.717) is 17.2 Å². The van der Waals surface area contributed by atoms with Crippen LogP contribution >= 0.6 is 0 Å². The maximum atomic E-state index is 12.5. The number of carbonyl (C=O) groups is 1. The van der Waals surface area contributed by atoms with E-state index in [0.717, 1.165) is 5.69 Å². The normalized spacial score (nSPS) is 10.6. The third-order valence-corrected chi connectivity index (χ3v) is 3.52. The molecular weight excluding hydrogens is 326 g/mol. The maximum absolute atomic E-state index is 12.5. The number of ether oxygens (including phenoxy) is 2. The number of benzene rings is 1. The van der Waals surface area contributed by atoms with E-state index in [1.807, 2.05) is 13.0 Å². The van der Waals surface area contributed by atoms with Crippen molar-refractivity contribution in [1.29, 1.82) is 0 Å². The Morgan fingerprint density at radius 1 is 1.20 bits per heavy atom. The van der Waals surface area contributed by atoms with Gasteiger partial charge in [-0.25, -0.2) is 0 Å². The van der Waals surface area contributed by atoms with Crippen molar-refractivity contribution in [1.82, 2.24) is 20.0 Å². The van der Waals surface area contributed by atoms with Gasteiger partial charge in [-0.1, -0.05) is 5.10 Å². The standard InChI is InChI=1S/C16H17N5O4/c1-9-7-12(21(2)20-9)15-18-19-16(25-15)17-14(22)11-8-10(23-3)5-6-13(11)24-4/h5-8H,1-4H3,(H,17,19,22). The molecule has 0 radical (unpaired) electrons. The molecule has 2 heterocycles. The van der Waals surface area contributed by atoms with Crippen LogP contribution in [0.15, 0.2) is 28.7 Å². The van der Waals surface area contributed by atoms with Crippen LogP contribution in [-0.2, 0) is 7.05 Å². The van der Waals surface area contributed by atoms with E-state index in [2.05, 4.69) is 20.6 Å². The third kappa shape index (κ3) is 3.30. The lowest BCUT2D eigenvalue weighted by Gasteiger charge is -2.09. The number of nitrogens with one attached hydrogen (secondary N) is 1. The van der Waals surface area contributed by atoms with E-state index in [1.54, 1.807) is 29.9 Å². The van der Waals surface area contributed by atoms with Crippen LogP contribution in [0.1, 0.15) is 16.1 Å². The summed E-state index contributed by atoms with van der Waals surface area (Å²) in [4.78, 5) is 12.5. The summed E-state index contributed by atoms with van der Waals surface area (Å²) >= 11 is 0. The van der Waals surface area contributed by atoms with Gasteiger partial charge in [0.2, 0.25) is 0 Å². The van der Waals surface area contributed by atoms with Crippen LogP contribution in [0.4, 0.5) is 6.01 Å². The molecule has 130 valence electrons. The van der Waals surface area contributed by atoms with Crippen molar-refractivity contribution in [2.24, 2.45) is 7.05 Å². The van der Waals surface area contributed by atoms with Crippen LogP contribution in [0.5, 0.6) is 11.5 Å². The molecule has 1 amide bonds. The van der Waals surface area contributed by atoms with Gasteiger partial charge in [-0.2, -0.15) is 5.10 Å². The Hall–Kier alpha value is -3.36. The summed E-state index contributed by atoms with van der Waals surface area (Å²) in [5.41, 5.74) is 1.77. The zero-order valence-corrected chi connectivity index (χ0v) is 14.2. The molecule has 0 fully saturated rings. The number of anilines is 1. The fraction of sp³-hybridized carbons (Fsp3) is 0.250. The van der Waals surface area contributed by atoms with Crippen LogP contribution in [-0.4, -0.2) is 40.1 Å². The molecule has 25 heavy (non-hydrogen) atoms. The van der Waals surface area contributed by atoms with Gasteiger partial charge in [0.1, 0.15) is 17.2 Å². The number of amides is 1. The van der Waals surface area contributed by atoms with Crippen molar-refractivity contribution in [2.75, 3.05) is 19.5 Å². The quantitative estimate of drug-likeness (QED) is 0.756. The van der Waals surface area contributed by atoms with Gasteiger partial charge < -0.3 is 13.9 Å². The second kappa shape index (κ2) is 6.63. The van der Waals surface area contributed by atoms with Crippen molar-refractivity contribution in [3.63, 3.8) is 0 Å². The molecule has 1 aromatic carbocycles. The summed E-state index contributed by atoms with van der Waals surface area (Å²) in [6.07, 6.45) is 0. The molecule has 0 atom stereocenters. The van der Waals surface area contributed by atoms with Gasteiger partial charge in [-0.05, 0) is 31.2 Å². The molecule has 0 saturated heterocycles. The van der Waals surface area contributed by atoms with Crippen molar-refractivity contribution in [2.45, 2.75) is 6.92 Å². The highest BCUT2D eigenvalue weighted by Gasteiger charge is 2.18. The van der Waals surface area contributed by atoms with Crippen LogP contribution in [0.25, 0.3) is 11.6 Å². The SMILES string of the molecule is COc1ccc(OC)c(C(=O)Nc2nnc(-c3cc(C)nn3C)o2)c1. The Balaban J connectivity index is 1.84. The van der Waals surface area contributed by atoms with Gasteiger partial charge in [0, 0.05) is 7.05 Å². The summed E-state index contributed by atoms with van der Waals surface area (Å²) in [5.74, 6) is 0.742. The molecule has 0 saturated carbocycles. The maximum Gasteiger partial charge on any atom is 0.322 e. The molecule has 9 nitrogen and oxygen atoms in total. The second-order valence-corrected chi connectivity index (χ2v) is 5.23. The molecule has 0 bridgehead atoms. The summed E-state index contributed by atoms with van der Waals surface area (Å²) in [7, 11) is 4.77. The highest BCUT2D eigenvalue weighted by Crippen LogP contribution is 2.25. The van der Waals surface area contributed by atoms with Crippen LogP contribution < -0.4 is 14.8 Å². The number of methoxy groups -OCH3 is 2. The highest BCUT2D eigenvalue weighted by molar-refractivity contribution is 6.05. The van der Waals surface area contributed by atoms with Crippen LogP contribution in [0, 0.1) is 6.92 Å². The molecule has 0 aliphatic rings. The lowest BCUT2D eigenvalue weighted by Crippen LogP contribution is -2.13. The lowest BCUT2D eigenvalue weighted by atomic mass is 10.1. The van der Waals surface area contributed by atoms with Crippen molar-refractivity contribution < 1.29 is 18.7 Å². The van der Waals surface area contributed by atoms with Crippen molar-refractivity contribution in [3.05, 3.63) is 35.5 Å². The fourth-order valence-electron chi connectivity index (χ4n) is 2.34. The Morgan fingerprint density at radius 3 is 2.64 bits per heavy atom. The number of rotatable bonds is 5. The highest BCUT2D eigenvalue weighted by atomic mass is 16.5. The summed E-state index contributed by atoms with van der Waals surface area (Å²) in [6, 6.07) is 6.69. The monoisotopic (exact) mass is 343 g/mol. The first-order chi connectivity index (χ1) is 12.0. The molecule has 2 aromatic heterocycles. The van der Waals surface area contributed by atoms with E-state index in [1.165, 1.54) is 14.2 Å². The molecule has 3 aromatic rings. The number of hydrogen-bond acceptors (Lipinski definition) is 7. The van der Waals surface area contributed by atoms with Crippen LogP contribution in [0.3, 0.4) is 0 Å². The van der Waals surface area contributed by atoms with E-state index in [-0.39, 0.29) is 17.5 Å². The molecule has 3 rings (SSSR count). The topological polar surface area (TPSA) is 104 Å². The predicted octanol–water partition coefficient (Wildman–Crippen LogP) is 2.05. The minimum Gasteiger partial charge on any atom is -0.497 e. The predicted molar refractivity (Wildman–Crippen MR) is 88.7 cm³/mol. The molecule has 0 spiro atoms. The molecule has 0 aliphatic carbocycles. The average Bonchev–Trinajstić information content (AvgIpc) is 3.19. The fourth-order valence-corrected chi connectivity index (χ4v) is 2.34. The second-order valence-electron chi connectivity index (χ2n) is 5.23. The van der Waals surface area contributed by atoms with Crippen LogP contribution in [0.2, 0.25) is 0 Å². The van der Waals surface area contributed by atoms with Gasteiger partial charge in [-0.3, -0.25) is 14.8 Å². The third-order valence-electron chi connectivity index (χ3n) is 3.52. The zero-order valence-electron chi connectivity index (χ0n) is 14.2. The Morgan fingerprint density at radius 2 is 2.00 bits per heavy atom. The lowest BCUT2D eigenvalue weighted by molar-refractivity contribution is 0.102. The van der Waals surface area contributed by atoms with Crippen molar-refractivity contribution >= 4 is 11.9 Å². The van der Waals surface area contributed by atoms with Gasteiger partial charge in [0.25, 0.3) is 11.8 Å². The number of hydrogen-bond donors (Lipinski definition) is 1. The largest absolute Gasteiger partial charge is 0.497 e. The summed E-state index contributed by atoms with van der Waals surface area (Å²) in [5, 5.41) is 14.6. The first kappa shape index (κ1) is 16.5. The van der Waals surface area contributed by atoms with E-state index in [4.69, 9.17) is 13.9 Å². The number of aromatic nitrogens is 4. The summed E-state index contributed by atoms with van der Waals surface area (Å²) < 4.78 is 17.5. The molecule has 1 N–H and O–H groups in total. The molecule has 0 aliphatic heterocycles. The Kier molecular flexibility index (Phi) is 4.38. The van der Waals surface area contributed by atoms with Gasteiger partial charge in [0.15, 0.2) is 0 Å². The first-order valence-electron chi connectivity index (χ1n) is 7.39. The van der Waals surface area contributed by atoms with Gasteiger partial charge in [-0.15, -0.1) is 5.10 Å².